The molecule has 1 N–H and O–H groups in total. The Balaban J connectivity index is 2.58. The molecule has 0 aliphatic rings. The van der Waals surface area contributed by atoms with E-state index in [4.69, 9.17) is 23.2 Å². The lowest BCUT2D eigenvalue weighted by molar-refractivity contribution is 0.283. The van der Waals surface area contributed by atoms with Gasteiger partial charge in [-0.1, -0.05) is 37.0 Å². The van der Waals surface area contributed by atoms with Gasteiger partial charge in [-0.05, 0) is 63.3 Å². The number of halogens is 2. The molecule has 108 valence electrons. The van der Waals surface area contributed by atoms with Crippen LogP contribution in [-0.4, -0.2) is 37.6 Å². The second kappa shape index (κ2) is 8.80. The molecule has 0 saturated heterocycles. The molecular weight excluding hydrogens is 279 g/mol. The molecule has 0 aliphatic heterocycles. The summed E-state index contributed by atoms with van der Waals surface area (Å²) in [4.78, 5) is 2.43. The second-order valence-electron chi connectivity index (χ2n) is 4.74. The Morgan fingerprint density at radius 1 is 1.21 bits per heavy atom. The van der Waals surface area contributed by atoms with E-state index in [0.29, 0.717) is 6.04 Å². The summed E-state index contributed by atoms with van der Waals surface area (Å²) in [5.74, 6) is 0. The van der Waals surface area contributed by atoms with Gasteiger partial charge in [-0.3, -0.25) is 0 Å². The van der Waals surface area contributed by atoms with Crippen LogP contribution in [0.5, 0.6) is 0 Å². The Hall–Kier alpha value is -0.280. The lowest BCUT2D eigenvalue weighted by Crippen LogP contribution is -2.34. The number of rotatable bonds is 8. The number of nitrogens with zero attached hydrogens (tertiary/aromatic N) is 1. The van der Waals surface area contributed by atoms with Gasteiger partial charge in [0.25, 0.3) is 0 Å². The van der Waals surface area contributed by atoms with Crippen LogP contribution in [0.3, 0.4) is 0 Å². The van der Waals surface area contributed by atoms with Crippen LogP contribution in [0, 0.1) is 0 Å². The first-order chi connectivity index (χ1) is 9.10. The normalized spacial score (nSPS) is 12.9. The van der Waals surface area contributed by atoms with Gasteiger partial charge in [-0.15, -0.1) is 0 Å². The molecule has 0 radical (unpaired) electrons. The zero-order valence-electron chi connectivity index (χ0n) is 12.0. The summed E-state index contributed by atoms with van der Waals surface area (Å²) in [7, 11) is 2.01. The van der Waals surface area contributed by atoms with Gasteiger partial charge in [0.15, 0.2) is 0 Å². The van der Waals surface area contributed by atoms with Crippen molar-refractivity contribution >= 4 is 23.2 Å². The van der Waals surface area contributed by atoms with E-state index < -0.39 is 0 Å². The molecule has 1 rings (SSSR count). The summed E-state index contributed by atoms with van der Waals surface area (Å²) in [6.07, 6.45) is 2.03. The zero-order chi connectivity index (χ0) is 14.3. The Morgan fingerprint density at radius 2 is 1.89 bits per heavy atom. The maximum Gasteiger partial charge on any atom is 0.0439 e. The van der Waals surface area contributed by atoms with E-state index in [0.717, 1.165) is 48.1 Å². The highest BCUT2D eigenvalue weighted by atomic mass is 35.5. The number of likely N-dealkylation sites (N-methyl/N-ethyl adjacent to an activating group) is 1. The van der Waals surface area contributed by atoms with E-state index in [2.05, 4.69) is 24.1 Å². The van der Waals surface area contributed by atoms with E-state index in [9.17, 15) is 0 Å². The topological polar surface area (TPSA) is 15.3 Å². The lowest BCUT2D eigenvalue weighted by Gasteiger charge is -2.23. The molecule has 1 aromatic rings. The maximum absolute atomic E-state index is 6.22. The number of nitrogens with one attached hydrogen (secondary N) is 1. The van der Waals surface area contributed by atoms with E-state index in [1.54, 1.807) is 0 Å². The van der Waals surface area contributed by atoms with Gasteiger partial charge >= 0.3 is 0 Å². The molecule has 1 aromatic carbocycles. The molecule has 0 fully saturated rings. The highest BCUT2D eigenvalue weighted by Crippen LogP contribution is 2.22. The fourth-order valence-electron chi connectivity index (χ4n) is 2.19. The first kappa shape index (κ1) is 16.8. The van der Waals surface area contributed by atoms with E-state index >= 15 is 0 Å². The van der Waals surface area contributed by atoms with Gasteiger partial charge in [0.2, 0.25) is 0 Å². The van der Waals surface area contributed by atoms with Gasteiger partial charge in [0.1, 0.15) is 0 Å². The average Bonchev–Trinajstić information content (AvgIpc) is 2.42. The maximum atomic E-state index is 6.22. The van der Waals surface area contributed by atoms with Crippen molar-refractivity contribution in [3.63, 3.8) is 0 Å². The molecule has 4 heteroatoms. The SMILES string of the molecule is CCN(CC)CCC(Cc1cc(Cl)ccc1Cl)NC. The van der Waals surface area contributed by atoms with E-state index in [1.807, 2.05) is 25.2 Å². The minimum atomic E-state index is 0.427. The van der Waals surface area contributed by atoms with Crippen molar-refractivity contribution in [2.24, 2.45) is 0 Å². The predicted molar refractivity (Wildman–Crippen MR) is 85.4 cm³/mol. The number of hydrogen-bond acceptors (Lipinski definition) is 2. The smallest absolute Gasteiger partial charge is 0.0439 e. The first-order valence-electron chi connectivity index (χ1n) is 6.94. The summed E-state index contributed by atoms with van der Waals surface area (Å²) in [5, 5.41) is 4.92. The van der Waals surface area contributed by atoms with E-state index in [1.165, 1.54) is 0 Å². The van der Waals surface area contributed by atoms with Gasteiger partial charge in [0, 0.05) is 16.1 Å². The van der Waals surface area contributed by atoms with Crippen LogP contribution in [0.25, 0.3) is 0 Å². The molecule has 2 nitrogen and oxygen atoms in total. The fourth-order valence-corrected chi connectivity index (χ4v) is 2.58. The van der Waals surface area contributed by atoms with Crippen molar-refractivity contribution in [3.8, 4) is 0 Å². The largest absolute Gasteiger partial charge is 0.317 e. The second-order valence-corrected chi connectivity index (χ2v) is 5.58. The summed E-state index contributed by atoms with van der Waals surface area (Å²) in [5.41, 5.74) is 1.12. The molecule has 1 atom stereocenters. The first-order valence-corrected chi connectivity index (χ1v) is 7.69. The third-order valence-corrected chi connectivity index (χ3v) is 4.17. The van der Waals surface area contributed by atoms with Gasteiger partial charge in [0.05, 0.1) is 0 Å². The summed E-state index contributed by atoms with van der Waals surface area (Å²) in [6.45, 7) is 7.71. The van der Waals surface area contributed by atoms with Crippen LogP contribution in [0.2, 0.25) is 10.0 Å². The standard InChI is InChI=1S/C15H24Cl2N2/c1-4-19(5-2)9-8-14(18-3)11-12-10-13(16)6-7-15(12)17/h6-7,10,14,18H,4-5,8-9,11H2,1-3H3. The molecule has 0 heterocycles. The molecule has 0 spiro atoms. The summed E-state index contributed by atoms with van der Waals surface area (Å²) < 4.78 is 0. The van der Waals surface area contributed by atoms with Gasteiger partial charge < -0.3 is 10.2 Å². The van der Waals surface area contributed by atoms with Crippen LogP contribution in [0.4, 0.5) is 0 Å². The van der Waals surface area contributed by atoms with Crippen LogP contribution in [0.15, 0.2) is 18.2 Å². The van der Waals surface area contributed by atoms with Crippen LogP contribution < -0.4 is 5.32 Å². The van der Waals surface area contributed by atoms with Crippen molar-refractivity contribution in [3.05, 3.63) is 33.8 Å². The van der Waals surface area contributed by atoms with Crippen LogP contribution in [-0.2, 0) is 6.42 Å². The van der Waals surface area contributed by atoms with Gasteiger partial charge in [-0.25, -0.2) is 0 Å². The zero-order valence-corrected chi connectivity index (χ0v) is 13.6. The summed E-state index contributed by atoms with van der Waals surface area (Å²) in [6, 6.07) is 6.09. The van der Waals surface area contributed by atoms with Crippen molar-refractivity contribution in [2.75, 3.05) is 26.7 Å². The molecule has 0 bridgehead atoms. The van der Waals surface area contributed by atoms with Crippen LogP contribution >= 0.6 is 23.2 Å². The highest BCUT2D eigenvalue weighted by molar-refractivity contribution is 6.33. The van der Waals surface area contributed by atoms with Crippen molar-refractivity contribution in [1.82, 2.24) is 10.2 Å². The lowest BCUT2D eigenvalue weighted by atomic mass is 10.0. The van der Waals surface area contributed by atoms with Gasteiger partial charge in [-0.2, -0.15) is 0 Å². The third kappa shape index (κ3) is 5.70. The molecule has 19 heavy (non-hydrogen) atoms. The average molecular weight is 303 g/mol. The Bertz CT molecular complexity index is 378. The monoisotopic (exact) mass is 302 g/mol. The molecule has 0 amide bonds. The van der Waals surface area contributed by atoms with E-state index in [-0.39, 0.29) is 0 Å². The Morgan fingerprint density at radius 3 is 2.47 bits per heavy atom. The molecule has 0 aromatic heterocycles. The number of benzene rings is 1. The van der Waals surface area contributed by atoms with Crippen molar-refractivity contribution < 1.29 is 0 Å². The quantitative estimate of drug-likeness (QED) is 0.784. The van der Waals surface area contributed by atoms with Crippen LogP contribution in [0.1, 0.15) is 25.8 Å². The Labute approximate surface area is 127 Å². The third-order valence-electron chi connectivity index (χ3n) is 3.57. The fraction of sp³-hybridized carbons (Fsp3) is 0.600. The Kier molecular flexibility index (Phi) is 7.77. The predicted octanol–water partition coefficient (Wildman–Crippen LogP) is 3.86. The molecule has 0 saturated carbocycles. The minimum Gasteiger partial charge on any atom is -0.317 e. The summed E-state index contributed by atoms with van der Waals surface area (Å²) >= 11 is 12.2. The molecule has 1 unspecified atom stereocenters. The van der Waals surface area contributed by atoms with Crippen molar-refractivity contribution in [1.29, 1.82) is 0 Å². The number of hydrogen-bond donors (Lipinski definition) is 1. The molecular formula is C15H24Cl2N2. The van der Waals surface area contributed by atoms with Crippen molar-refractivity contribution in [2.45, 2.75) is 32.7 Å². The minimum absolute atomic E-state index is 0.427. The highest BCUT2D eigenvalue weighted by Gasteiger charge is 2.11. The molecule has 0 aliphatic carbocycles.